The number of benzene rings is 3. The maximum absolute atomic E-state index is 12.9. The van der Waals surface area contributed by atoms with Crippen LogP contribution < -0.4 is 21.1 Å². The summed E-state index contributed by atoms with van der Waals surface area (Å²) in [4.78, 5) is 39.7. The number of nitrogens with two attached hydrogens (primary N) is 1. The van der Waals surface area contributed by atoms with Crippen molar-refractivity contribution >= 4 is 18.5 Å². The number of nitro benzene ring substituents is 1. The van der Waals surface area contributed by atoms with Crippen molar-refractivity contribution in [1.82, 2.24) is 20.4 Å². The van der Waals surface area contributed by atoms with Gasteiger partial charge in [0.2, 0.25) is 12.8 Å². The second-order valence-corrected chi connectivity index (χ2v) is 12.6. The van der Waals surface area contributed by atoms with Crippen LogP contribution >= 0.6 is 0 Å². The van der Waals surface area contributed by atoms with E-state index in [1.54, 1.807) is 24.1 Å². The lowest BCUT2D eigenvalue weighted by atomic mass is 9.68. The molecular weight excluding hydrogens is 636 g/mol. The van der Waals surface area contributed by atoms with E-state index in [1.807, 2.05) is 25.1 Å². The van der Waals surface area contributed by atoms with E-state index in [2.05, 4.69) is 51.9 Å². The highest BCUT2D eigenvalue weighted by Crippen LogP contribution is 2.43. The molecule has 1 saturated heterocycles. The molecule has 2 aliphatic rings. The summed E-state index contributed by atoms with van der Waals surface area (Å²) < 4.78 is 11.3. The van der Waals surface area contributed by atoms with Gasteiger partial charge in [-0.15, -0.1) is 0 Å². The standard InChI is InChI=1S/C38H46N6O6/c1-28-36(40-26-45)35(29-9-13-32(14-10-29)44(47)48)37(34(41-28)25-50-24-19-39)43(27-46)21-6-20-42-22-17-38(18-23-42,30-7-4-3-5-8-30)31-11-15-33(49-2)16-12-31/h3-5,7-16,26-27,35,41H,6,17-25,39H2,1-2H3,(H,40,45). The molecule has 5 rings (SSSR count). The van der Waals surface area contributed by atoms with Crippen LogP contribution in [0.4, 0.5) is 5.69 Å². The van der Waals surface area contributed by atoms with Gasteiger partial charge in [-0.3, -0.25) is 19.7 Å². The number of nitrogens with zero attached hydrogens (tertiary/aromatic N) is 3. The van der Waals surface area contributed by atoms with Crippen molar-refractivity contribution < 1.29 is 24.0 Å². The third-order valence-electron chi connectivity index (χ3n) is 9.76. The third-order valence-corrected chi connectivity index (χ3v) is 9.76. The molecule has 0 bridgehead atoms. The maximum atomic E-state index is 12.9. The average molecular weight is 683 g/mol. The molecule has 2 amide bonds. The van der Waals surface area contributed by atoms with Gasteiger partial charge in [-0.25, -0.2) is 0 Å². The number of dihydropyridines is 1. The molecule has 0 aliphatic carbocycles. The Bertz CT molecular complexity index is 1670. The van der Waals surface area contributed by atoms with Crippen LogP contribution in [0.15, 0.2) is 102 Å². The number of ether oxygens (including phenoxy) is 2. The van der Waals surface area contributed by atoms with Gasteiger partial charge >= 0.3 is 0 Å². The van der Waals surface area contributed by atoms with E-state index in [0.29, 0.717) is 60.9 Å². The van der Waals surface area contributed by atoms with Crippen LogP contribution in [0.3, 0.4) is 0 Å². The molecule has 12 nitrogen and oxygen atoms in total. The largest absolute Gasteiger partial charge is 0.497 e. The number of likely N-dealkylation sites (tertiary alicyclic amines) is 1. The zero-order valence-corrected chi connectivity index (χ0v) is 28.7. The Morgan fingerprint density at radius 1 is 1.04 bits per heavy atom. The van der Waals surface area contributed by atoms with Gasteiger partial charge in [0.25, 0.3) is 5.69 Å². The number of methoxy groups -OCH3 is 1. The monoisotopic (exact) mass is 682 g/mol. The van der Waals surface area contributed by atoms with Gasteiger partial charge in [0.1, 0.15) is 5.75 Å². The Labute approximate surface area is 293 Å². The summed E-state index contributed by atoms with van der Waals surface area (Å²) >= 11 is 0. The number of nitrogens with one attached hydrogen (secondary N) is 2. The minimum absolute atomic E-state index is 0.0534. The van der Waals surface area contributed by atoms with Gasteiger partial charge in [-0.1, -0.05) is 54.6 Å². The second kappa shape index (κ2) is 17.1. The number of nitro groups is 1. The zero-order chi connectivity index (χ0) is 35.5. The summed E-state index contributed by atoms with van der Waals surface area (Å²) in [6, 6.07) is 25.3. The summed E-state index contributed by atoms with van der Waals surface area (Å²) in [5.41, 5.74) is 11.3. The minimum atomic E-state index is -0.588. The molecule has 50 heavy (non-hydrogen) atoms. The van der Waals surface area contributed by atoms with E-state index in [1.165, 1.54) is 23.3 Å². The highest BCUT2D eigenvalue weighted by Gasteiger charge is 2.38. The van der Waals surface area contributed by atoms with E-state index < -0.39 is 10.8 Å². The smallest absolute Gasteiger partial charge is 0.269 e. The number of non-ortho nitro benzene ring substituents is 1. The van der Waals surface area contributed by atoms with Gasteiger partial charge in [0.05, 0.1) is 48.3 Å². The van der Waals surface area contributed by atoms with Crippen molar-refractivity contribution in [3.8, 4) is 5.75 Å². The summed E-state index contributed by atoms with van der Waals surface area (Å²) in [7, 11) is 1.68. The average Bonchev–Trinajstić information content (AvgIpc) is 3.15. The Morgan fingerprint density at radius 3 is 2.32 bits per heavy atom. The highest BCUT2D eigenvalue weighted by molar-refractivity contribution is 5.60. The van der Waals surface area contributed by atoms with E-state index in [-0.39, 0.29) is 17.7 Å². The first kappa shape index (κ1) is 36.2. The Balaban J connectivity index is 1.35. The molecule has 0 radical (unpaired) electrons. The maximum Gasteiger partial charge on any atom is 0.269 e. The van der Waals surface area contributed by atoms with Crippen LogP contribution in [-0.4, -0.2) is 80.6 Å². The number of piperidine rings is 1. The number of hydrogen-bond donors (Lipinski definition) is 3. The van der Waals surface area contributed by atoms with Crippen molar-refractivity contribution in [1.29, 1.82) is 0 Å². The fourth-order valence-electron chi connectivity index (χ4n) is 7.22. The number of carbonyl (C=O) groups excluding carboxylic acids is 2. The highest BCUT2D eigenvalue weighted by atomic mass is 16.6. The molecule has 0 spiro atoms. The van der Waals surface area contributed by atoms with Gasteiger partial charge in [-0.05, 0) is 74.6 Å². The molecular formula is C38H46N6O6. The molecule has 0 aromatic heterocycles. The summed E-state index contributed by atoms with van der Waals surface area (Å²) in [6.07, 6.45) is 4.00. The van der Waals surface area contributed by atoms with Crippen LogP contribution in [0.2, 0.25) is 0 Å². The van der Waals surface area contributed by atoms with E-state index >= 15 is 0 Å². The SMILES string of the molecule is COc1ccc(C2(c3ccccc3)CCN(CCCN(C=O)C3=C(COCCN)NC(C)=C(NC=O)C3c3ccc([N+](=O)[O-])cc3)CC2)cc1. The first-order valence-electron chi connectivity index (χ1n) is 16.9. The molecule has 1 unspecified atom stereocenters. The summed E-state index contributed by atoms with van der Waals surface area (Å²) in [6.45, 7) is 5.62. The molecule has 0 saturated carbocycles. The second-order valence-electron chi connectivity index (χ2n) is 12.6. The fraction of sp³-hybridized carbons (Fsp3) is 0.368. The Hall–Kier alpha value is -5.04. The van der Waals surface area contributed by atoms with Crippen LogP contribution in [0, 0.1) is 10.1 Å². The lowest BCUT2D eigenvalue weighted by molar-refractivity contribution is -0.384. The Morgan fingerprint density at radius 2 is 1.72 bits per heavy atom. The first-order chi connectivity index (χ1) is 24.3. The number of hydrogen-bond acceptors (Lipinski definition) is 9. The zero-order valence-electron chi connectivity index (χ0n) is 28.7. The quantitative estimate of drug-likeness (QED) is 0.0815. The van der Waals surface area contributed by atoms with Crippen LogP contribution in [-0.2, 0) is 19.7 Å². The normalized spacial score (nSPS) is 17.5. The van der Waals surface area contributed by atoms with Crippen molar-refractivity contribution in [3.63, 3.8) is 0 Å². The van der Waals surface area contributed by atoms with Crippen molar-refractivity contribution in [3.05, 3.63) is 128 Å². The number of carbonyl (C=O) groups is 2. The predicted octanol–water partition coefficient (Wildman–Crippen LogP) is 4.39. The molecule has 1 fully saturated rings. The minimum Gasteiger partial charge on any atom is -0.497 e. The topological polar surface area (TPSA) is 152 Å². The van der Waals surface area contributed by atoms with E-state index in [9.17, 15) is 19.7 Å². The molecule has 264 valence electrons. The molecule has 3 aromatic rings. The van der Waals surface area contributed by atoms with Crippen molar-refractivity contribution in [2.75, 3.05) is 53.0 Å². The van der Waals surface area contributed by atoms with Crippen LogP contribution in [0.5, 0.6) is 5.75 Å². The molecule has 1 atom stereocenters. The molecule has 4 N–H and O–H groups in total. The molecule has 12 heteroatoms. The first-order valence-corrected chi connectivity index (χ1v) is 16.9. The lowest BCUT2D eigenvalue weighted by Gasteiger charge is -2.43. The number of amides is 2. The summed E-state index contributed by atoms with van der Waals surface area (Å²) in [5, 5.41) is 17.6. The van der Waals surface area contributed by atoms with Crippen LogP contribution in [0.25, 0.3) is 0 Å². The van der Waals surface area contributed by atoms with E-state index in [4.69, 9.17) is 15.2 Å². The number of allylic oxidation sites excluding steroid dienone is 1. The van der Waals surface area contributed by atoms with Gasteiger partial charge < -0.3 is 35.6 Å². The van der Waals surface area contributed by atoms with Gasteiger partial charge in [0, 0.05) is 36.3 Å². The lowest BCUT2D eigenvalue weighted by Crippen LogP contribution is -2.44. The van der Waals surface area contributed by atoms with Crippen molar-refractivity contribution in [2.45, 2.75) is 37.5 Å². The van der Waals surface area contributed by atoms with Crippen molar-refractivity contribution in [2.24, 2.45) is 5.73 Å². The fourth-order valence-corrected chi connectivity index (χ4v) is 7.22. The van der Waals surface area contributed by atoms with Gasteiger partial charge in [0.15, 0.2) is 0 Å². The number of rotatable bonds is 17. The Kier molecular flexibility index (Phi) is 12.4. The van der Waals surface area contributed by atoms with E-state index in [0.717, 1.165) is 44.6 Å². The summed E-state index contributed by atoms with van der Waals surface area (Å²) in [5.74, 6) is 0.247. The molecule has 3 aromatic carbocycles. The molecule has 2 heterocycles. The van der Waals surface area contributed by atoms with Gasteiger partial charge in [-0.2, -0.15) is 0 Å². The predicted molar refractivity (Wildman–Crippen MR) is 191 cm³/mol. The third kappa shape index (κ3) is 8.05. The molecule has 2 aliphatic heterocycles. The van der Waals surface area contributed by atoms with Crippen LogP contribution in [0.1, 0.15) is 48.8 Å².